The molecule has 0 radical (unpaired) electrons. The Hall–Kier alpha value is -0.680. The van der Waals surface area contributed by atoms with Crippen LogP contribution in [-0.4, -0.2) is 29.1 Å². The molecule has 0 aromatic carbocycles. The third-order valence-electron chi connectivity index (χ3n) is 4.26. The molecule has 1 aliphatic heterocycles. The molecule has 2 aliphatic rings. The number of ether oxygens (including phenoxy) is 1. The minimum Gasteiger partial charge on any atom is -0.391 e. The lowest BCUT2D eigenvalue weighted by atomic mass is 9.89. The summed E-state index contributed by atoms with van der Waals surface area (Å²) in [5.41, 5.74) is 5.44. The van der Waals surface area contributed by atoms with E-state index in [4.69, 9.17) is 22.7 Å². The van der Waals surface area contributed by atoms with Gasteiger partial charge in [-0.15, -0.1) is 0 Å². The van der Waals surface area contributed by atoms with E-state index < -0.39 is 5.54 Å². The Morgan fingerprint density at radius 2 is 1.84 bits per heavy atom. The highest BCUT2D eigenvalue weighted by Crippen LogP contribution is 2.28. The number of carbonyl (C=O) groups is 1. The quantitative estimate of drug-likeness (QED) is 0.615. The normalized spacial score (nSPS) is 27.3. The van der Waals surface area contributed by atoms with Crippen molar-refractivity contribution >= 4 is 23.1 Å². The third-order valence-corrected chi connectivity index (χ3v) is 4.65. The molecule has 3 N–H and O–H groups in total. The zero-order valence-electron chi connectivity index (χ0n) is 11.5. The van der Waals surface area contributed by atoms with Crippen LogP contribution in [0, 0.1) is 0 Å². The monoisotopic (exact) mass is 284 g/mol. The molecule has 0 aromatic heterocycles. The molecule has 1 unspecified atom stereocenters. The van der Waals surface area contributed by atoms with E-state index in [9.17, 15) is 4.79 Å². The molecule has 19 heavy (non-hydrogen) atoms. The molecule has 2 fully saturated rings. The first-order valence-electron chi connectivity index (χ1n) is 7.38. The Labute approximate surface area is 120 Å². The summed E-state index contributed by atoms with van der Waals surface area (Å²) in [4.78, 5) is 12.8. The molecule has 1 atom stereocenters. The van der Waals surface area contributed by atoms with Crippen molar-refractivity contribution in [3.63, 3.8) is 0 Å². The molecule has 1 amide bonds. The summed E-state index contributed by atoms with van der Waals surface area (Å²) in [5, 5.41) is 3.11. The van der Waals surface area contributed by atoms with E-state index in [0.29, 0.717) is 11.6 Å². The lowest BCUT2D eigenvalue weighted by Gasteiger charge is -2.35. The van der Waals surface area contributed by atoms with Gasteiger partial charge in [-0.3, -0.25) is 4.79 Å². The molecule has 0 bridgehead atoms. The van der Waals surface area contributed by atoms with Crippen LogP contribution in [0.15, 0.2) is 0 Å². The van der Waals surface area contributed by atoms with Gasteiger partial charge in [0.1, 0.15) is 6.10 Å². The predicted octanol–water partition coefficient (Wildman–Crippen LogP) is 2.05. The molecule has 0 aromatic rings. The van der Waals surface area contributed by atoms with Gasteiger partial charge in [-0.05, 0) is 32.1 Å². The van der Waals surface area contributed by atoms with Gasteiger partial charge in [0, 0.05) is 6.61 Å². The molecule has 4 nitrogen and oxygen atoms in total. The van der Waals surface area contributed by atoms with Crippen LogP contribution in [0.2, 0.25) is 0 Å². The molecule has 1 aliphatic carbocycles. The van der Waals surface area contributed by atoms with Crippen molar-refractivity contribution in [1.82, 2.24) is 5.32 Å². The second-order valence-electron chi connectivity index (χ2n) is 5.71. The maximum atomic E-state index is 12.3. The summed E-state index contributed by atoms with van der Waals surface area (Å²) in [7, 11) is 0. The summed E-state index contributed by atoms with van der Waals surface area (Å²) in [6, 6.07) is 0. The van der Waals surface area contributed by atoms with Gasteiger partial charge >= 0.3 is 0 Å². The largest absolute Gasteiger partial charge is 0.391 e. The lowest BCUT2D eigenvalue weighted by Crippen LogP contribution is -2.59. The van der Waals surface area contributed by atoms with Gasteiger partial charge in [-0.25, -0.2) is 0 Å². The van der Waals surface area contributed by atoms with Crippen LogP contribution in [0.3, 0.4) is 0 Å². The van der Waals surface area contributed by atoms with E-state index in [-0.39, 0.29) is 12.0 Å². The van der Waals surface area contributed by atoms with Crippen molar-refractivity contribution in [3.05, 3.63) is 0 Å². The van der Waals surface area contributed by atoms with Crippen LogP contribution in [-0.2, 0) is 9.53 Å². The molecule has 1 saturated heterocycles. The lowest BCUT2D eigenvalue weighted by molar-refractivity contribution is -0.136. The van der Waals surface area contributed by atoms with Gasteiger partial charge in [0.05, 0.1) is 10.5 Å². The Morgan fingerprint density at radius 3 is 2.37 bits per heavy atom. The van der Waals surface area contributed by atoms with E-state index in [1.807, 2.05) is 0 Å². The third kappa shape index (κ3) is 3.66. The van der Waals surface area contributed by atoms with E-state index in [2.05, 4.69) is 5.32 Å². The molecule has 0 spiro atoms. The molecular weight excluding hydrogens is 260 g/mol. The standard InChI is InChI=1S/C14H24N2O2S/c15-13(19)14(8-4-1-2-5-9-14)16-12(17)11-7-3-6-10-18-11/h11H,1-10H2,(H2,15,19)(H,16,17). The second kappa shape index (κ2) is 6.66. The number of thiocarbonyl (C=S) groups is 1. The fourth-order valence-electron chi connectivity index (χ4n) is 3.03. The predicted molar refractivity (Wildman–Crippen MR) is 79.0 cm³/mol. The number of nitrogens with two attached hydrogens (primary N) is 1. The van der Waals surface area contributed by atoms with Gasteiger partial charge in [0.15, 0.2) is 0 Å². The second-order valence-corrected chi connectivity index (χ2v) is 6.14. The molecule has 2 rings (SSSR count). The van der Waals surface area contributed by atoms with E-state index in [1.165, 1.54) is 12.8 Å². The summed E-state index contributed by atoms with van der Waals surface area (Å²) in [5.74, 6) is -0.0330. The van der Waals surface area contributed by atoms with Crippen molar-refractivity contribution in [2.45, 2.75) is 69.4 Å². The average molecular weight is 284 g/mol. The Morgan fingerprint density at radius 1 is 1.16 bits per heavy atom. The molecule has 5 heteroatoms. The van der Waals surface area contributed by atoms with E-state index in [0.717, 1.165) is 44.9 Å². The topological polar surface area (TPSA) is 64.3 Å². The van der Waals surface area contributed by atoms with Crippen LogP contribution in [0.1, 0.15) is 57.8 Å². The highest BCUT2D eigenvalue weighted by atomic mass is 32.1. The fourth-order valence-corrected chi connectivity index (χ4v) is 3.28. The first-order chi connectivity index (χ1) is 9.14. The molecule has 108 valence electrons. The van der Waals surface area contributed by atoms with E-state index >= 15 is 0 Å². The van der Waals surface area contributed by atoms with Crippen LogP contribution in [0.25, 0.3) is 0 Å². The Kier molecular flexibility index (Phi) is 5.16. The van der Waals surface area contributed by atoms with Gasteiger partial charge in [-0.1, -0.05) is 37.9 Å². The number of amides is 1. The maximum Gasteiger partial charge on any atom is 0.249 e. The SMILES string of the molecule is NC(=S)C1(NC(=O)C2CCCCO2)CCCCCC1. The maximum absolute atomic E-state index is 12.3. The van der Waals surface area contributed by atoms with Gasteiger partial charge in [-0.2, -0.15) is 0 Å². The van der Waals surface area contributed by atoms with Crippen molar-refractivity contribution in [1.29, 1.82) is 0 Å². The van der Waals surface area contributed by atoms with Crippen molar-refractivity contribution in [2.75, 3.05) is 6.61 Å². The minimum atomic E-state index is -0.482. The Bertz CT molecular complexity index is 332. The highest BCUT2D eigenvalue weighted by molar-refractivity contribution is 7.80. The summed E-state index contributed by atoms with van der Waals surface area (Å²) in [6.07, 6.45) is 8.85. The van der Waals surface area contributed by atoms with Crippen molar-refractivity contribution < 1.29 is 9.53 Å². The number of hydrogen-bond donors (Lipinski definition) is 2. The van der Waals surface area contributed by atoms with Crippen molar-refractivity contribution in [2.24, 2.45) is 5.73 Å². The zero-order chi connectivity index (χ0) is 13.7. The summed E-state index contributed by atoms with van der Waals surface area (Å²) < 4.78 is 5.54. The highest BCUT2D eigenvalue weighted by Gasteiger charge is 2.37. The molecule has 1 heterocycles. The number of carbonyl (C=O) groups excluding carboxylic acids is 1. The number of rotatable bonds is 3. The zero-order valence-corrected chi connectivity index (χ0v) is 12.3. The van der Waals surface area contributed by atoms with Gasteiger partial charge in [0.25, 0.3) is 0 Å². The first kappa shape index (κ1) is 14.7. The summed E-state index contributed by atoms with van der Waals surface area (Å²) in [6.45, 7) is 0.679. The minimum absolute atomic E-state index is 0.0330. The van der Waals surface area contributed by atoms with Crippen LogP contribution in [0.5, 0.6) is 0 Å². The molecular formula is C14H24N2O2S. The summed E-state index contributed by atoms with van der Waals surface area (Å²) >= 11 is 5.23. The van der Waals surface area contributed by atoms with Gasteiger partial charge < -0.3 is 15.8 Å². The first-order valence-corrected chi connectivity index (χ1v) is 7.78. The number of hydrogen-bond acceptors (Lipinski definition) is 3. The average Bonchev–Trinajstić information content (AvgIpc) is 2.66. The van der Waals surface area contributed by atoms with E-state index in [1.54, 1.807) is 0 Å². The Balaban J connectivity index is 2.02. The smallest absolute Gasteiger partial charge is 0.249 e. The fraction of sp³-hybridized carbons (Fsp3) is 0.857. The van der Waals surface area contributed by atoms with Gasteiger partial charge in [0.2, 0.25) is 5.91 Å². The van der Waals surface area contributed by atoms with Crippen molar-refractivity contribution in [3.8, 4) is 0 Å². The van der Waals surface area contributed by atoms with Crippen LogP contribution in [0.4, 0.5) is 0 Å². The number of nitrogens with one attached hydrogen (secondary N) is 1. The van der Waals surface area contributed by atoms with Crippen LogP contribution >= 0.6 is 12.2 Å². The molecule has 1 saturated carbocycles. The van der Waals surface area contributed by atoms with Crippen LogP contribution < -0.4 is 11.1 Å².